The molecule has 0 saturated heterocycles. The van der Waals surface area contributed by atoms with Gasteiger partial charge in [0, 0.05) is 23.8 Å². The summed E-state index contributed by atoms with van der Waals surface area (Å²) in [4.78, 5) is 11.2. The summed E-state index contributed by atoms with van der Waals surface area (Å²) in [6.07, 6.45) is 0. The van der Waals surface area contributed by atoms with Crippen LogP contribution in [0.4, 0.5) is 0 Å². The van der Waals surface area contributed by atoms with Crippen molar-refractivity contribution in [3.05, 3.63) is 29.8 Å². The van der Waals surface area contributed by atoms with Gasteiger partial charge in [-0.2, -0.15) is 0 Å². The number of carbonyl (C=O) groups is 1. The molecule has 0 radical (unpaired) electrons. The molecule has 4 heteroatoms. The van der Waals surface area contributed by atoms with Crippen molar-refractivity contribution in [2.24, 2.45) is 0 Å². The predicted octanol–water partition coefficient (Wildman–Crippen LogP) is 3.60. The fraction of sp³-hybridized carbons (Fsp3) is 0.312. The lowest BCUT2D eigenvalue weighted by Gasteiger charge is -2.14. The summed E-state index contributed by atoms with van der Waals surface area (Å²) in [5.41, 5.74) is 1.11. The van der Waals surface area contributed by atoms with Gasteiger partial charge in [-0.15, -0.1) is 0 Å². The van der Waals surface area contributed by atoms with Gasteiger partial charge in [-0.05, 0) is 17.5 Å². The van der Waals surface area contributed by atoms with Gasteiger partial charge < -0.3 is 14.6 Å². The molecule has 106 valence electrons. The van der Waals surface area contributed by atoms with Crippen LogP contribution in [0.2, 0.25) is 0 Å². The van der Waals surface area contributed by atoms with Gasteiger partial charge in [0.15, 0.2) is 11.5 Å². The van der Waals surface area contributed by atoms with E-state index in [0.29, 0.717) is 22.4 Å². The van der Waals surface area contributed by atoms with Crippen LogP contribution in [-0.4, -0.2) is 18.2 Å². The van der Waals surface area contributed by atoms with Crippen LogP contribution in [0.15, 0.2) is 24.3 Å². The number of carbonyl (C=O) groups excluding carboxylic acids is 1. The van der Waals surface area contributed by atoms with Crippen molar-refractivity contribution < 1.29 is 19.4 Å². The zero-order valence-electron chi connectivity index (χ0n) is 12.1. The van der Waals surface area contributed by atoms with Crippen LogP contribution < -0.4 is 9.47 Å². The van der Waals surface area contributed by atoms with Crippen molar-refractivity contribution >= 4 is 16.7 Å². The number of phenolic OH excluding ortho intramolecular Hbond substituents is 1. The highest BCUT2D eigenvalue weighted by Gasteiger charge is 2.15. The number of phenols is 1. The molecule has 2 aromatic carbocycles. The maximum atomic E-state index is 11.2. The van der Waals surface area contributed by atoms with Gasteiger partial charge >= 0.3 is 5.97 Å². The normalized spacial score (nSPS) is 10.8. The predicted molar refractivity (Wildman–Crippen MR) is 77.6 cm³/mol. The third-order valence-electron chi connectivity index (χ3n) is 3.20. The summed E-state index contributed by atoms with van der Waals surface area (Å²) in [5.74, 6) is 0.659. The smallest absolute Gasteiger partial charge is 0.308 e. The molecular weight excluding hydrogens is 256 g/mol. The van der Waals surface area contributed by atoms with Crippen LogP contribution in [0.25, 0.3) is 10.8 Å². The fourth-order valence-electron chi connectivity index (χ4n) is 2.12. The van der Waals surface area contributed by atoms with E-state index in [1.165, 1.54) is 20.1 Å². The second kappa shape index (κ2) is 5.41. The minimum absolute atomic E-state index is 0.0497. The average Bonchev–Trinajstić information content (AvgIpc) is 2.40. The van der Waals surface area contributed by atoms with Crippen molar-refractivity contribution in [3.8, 4) is 17.2 Å². The second-order valence-electron chi connectivity index (χ2n) is 4.98. The van der Waals surface area contributed by atoms with E-state index in [4.69, 9.17) is 9.47 Å². The Morgan fingerprint density at radius 2 is 1.85 bits per heavy atom. The molecular formula is C16H18O4. The molecule has 2 rings (SSSR count). The van der Waals surface area contributed by atoms with Gasteiger partial charge in [-0.25, -0.2) is 0 Å². The van der Waals surface area contributed by atoms with Crippen LogP contribution in [0.5, 0.6) is 17.2 Å². The number of hydrogen-bond acceptors (Lipinski definition) is 4. The van der Waals surface area contributed by atoms with Gasteiger partial charge in [0.25, 0.3) is 0 Å². The molecule has 20 heavy (non-hydrogen) atoms. The largest absolute Gasteiger partial charge is 0.504 e. The minimum Gasteiger partial charge on any atom is -0.504 e. The molecule has 4 nitrogen and oxygen atoms in total. The van der Waals surface area contributed by atoms with E-state index in [9.17, 15) is 9.90 Å². The molecule has 0 saturated carbocycles. The molecule has 0 fully saturated rings. The summed E-state index contributed by atoms with van der Waals surface area (Å²) in [7, 11) is 1.46. The number of esters is 1. The van der Waals surface area contributed by atoms with E-state index < -0.39 is 5.97 Å². The van der Waals surface area contributed by atoms with Gasteiger partial charge in [0.1, 0.15) is 5.75 Å². The molecule has 0 spiro atoms. The molecule has 0 bridgehead atoms. The molecule has 0 unspecified atom stereocenters. The summed E-state index contributed by atoms with van der Waals surface area (Å²) < 4.78 is 10.3. The van der Waals surface area contributed by atoms with Crippen molar-refractivity contribution in [2.75, 3.05) is 7.11 Å². The van der Waals surface area contributed by atoms with Crippen LogP contribution >= 0.6 is 0 Å². The standard InChI is InChI=1S/C16H18O4/c1-9(2)11-5-6-12-13(7-11)14(20-10(3)17)8-15(19-4)16(12)18/h5-9,18H,1-4H3. The highest BCUT2D eigenvalue weighted by atomic mass is 16.5. The Morgan fingerprint density at radius 1 is 1.15 bits per heavy atom. The Balaban J connectivity index is 2.75. The lowest BCUT2D eigenvalue weighted by atomic mass is 9.98. The SMILES string of the molecule is COc1cc(OC(C)=O)c2cc(C(C)C)ccc2c1O. The molecule has 0 aliphatic rings. The Kier molecular flexibility index (Phi) is 3.84. The summed E-state index contributed by atoms with van der Waals surface area (Å²) in [6.45, 7) is 5.50. The quantitative estimate of drug-likeness (QED) is 0.686. The van der Waals surface area contributed by atoms with Gasteiger partial charge in [-0.3, -0.25) is 4.79 Å². The minimum atomic E-state index is -0.408. The number of aromatic hydroxyl groups is 1. The molecule has 0 amide bonds. The van der Waals surface area contributed by atoms with Crippen molar-refractivity contribution in [3.63, 3.8) is 0 Å². The van der Waals surface area contributed by atoms with Crippen molar-refractivity contribution in [1.29, 1.82) is 0 Å². The molecule has 0 aromatic heterocycles. The van der Waals surface area contributed by atoms with Crippen LogP contribution in [0.3, 0.4) is 0 Å². The lowest BCUT2D eigenvalue weighted by Crippen LogP contribution is -2.02. The van der Waals surface area contributed by atoms with Crippen LogP contribution in [-0.2, 0) is 4.79 Å². The molecule has 1 N–H and O–H groups in total. The van der Waals surface area contributed by atoms with Gasteiger partial charge in [-0.1, -0.05) is 26.0 Å². The molecule has 0 aliphatic carbocycles. The Bertz CT molecular complexity index is 659. The molecule has 2 aromatic rings. The number of rotatable bonds is 3. The number of fused-ring (bicyclic) bond motifs is 1. The number of methoxy groups -OCH3 is 1. The monoisotopic (exact) mass is 274 g/mol. The number of benzene rings is 2. The first-order valence-electron chi connectivity index (χ1n) is 6.46. The molecule has 0 atom stereocenters. The maximum Gasteiger partial charge on any atom is 0.308 e. The summed E-state index contributed by atoms with van der Waals surface area (Å²) in [6, 6.07) is 7.22. The van der Waals surface area contributed by atoms with Crippen LogP contribution in [0.1, 0.15) is 32.3 Å². The molecule has 0 heterocycles. The summed E-state index contributed by atoms with van der Waals surface area (Å²) >= 11 is 0. The van der Waals surface area contributed by atoms with E-state index in [1.54, 1.807) is 0 Å². The van der Waals surface area contributed by atoms with E-state index in [0.717, 1.165) is 5.56 Å². The second-order valence-corrected chi connectivity index (χ2v) is 4.98. The van der Waals surface area contributed by atoms with E-state index in [2.05, 4.69) is 13.8 Å². The first kappa shape index (κ1) is 14.2. The first-order chi connectivity index (χ1) is 9.43. The van der Waals surface area contributed by atoms with Gasteiger partial charge in [0.2, 0.25) is 0 Å². The highest BCUT2D eigenvalue weighted by Crippen LogP contribution is 2.41. The maximum absolute atomic E-state index is 11.2. The van der Waals surface area contributed by atoms with E-state index >= 15 is 0 Å². The highest BCUT2D eigenvalue weighted by molar-refractivity contribution is 5.97. The number of ether oxygens (including phenoxy) is 2. The summed E-state index contributed by atoms with van der Waals surface area (Å²) in [5, 5.41) is 11.5. The Hall–Kier alpha value is -2.23. The van der Waals surface area contributed by atoms with Crippen LogP contribution in [0, 0.1) is 0 Å². The van der Waals surface area contributed by atoms with E-state index in [-0.39, 0.29) is 11.5 Å². The third kappa shape index (κ3) is 2.54. The van der Waals surface area contributed by atoms with Gasteiger partial charge in [0.05, 0.1) is 7.11 Å². The number of hydrogen-bond donors (Lipinski definition) is 1. The van der Waals surface area contributed by atoms with E-state index in [1.807, 2.05) is 18.2 Å². The van der Waals surface area contributed by atoms with Crippen molar-refractivity contribution in [1.82, 2.24) is 0 Å². The lowest BCUT2D eigenvalue weighted by molar-refractivity contribution is -0.131. The topological polar surface area (TPSA) is 55.8 Å². The fourth-order valence-corrected chi connectivity index (χ4v) is 2.12. The molecule has 0 aliphatic heterocycles. The zero-order chi connectivity index (χ0) is 14.9. The first-order valence-corrected chi connectivity index (χ1v) is 6.46. The Morgan fingerprint density at radius 3 is 2.40 bits per heavy atom. The average molecular weight is 274 g/mol. The third-order valence-corrected chi connectivity index (χ3v) is 3.20. The zero-order valence-corrected chi connectivity index (χ0v) is 12.1. The Labute approximate surface area is 117 Å². The van der Waals surface area contributed by atoms with Crippen molar-refractivity contribution in [2.45, 2.75) is 26.7 Å².